The molecule has 2 N–H and O–H groups in total. The number of benzene rings is 1. The van der Waals surface area contributed by atoms with Crippen molar-refractivity contribution in [3.63, 3.8) is 0 Å². The molecule has 0 atom stereocenters. The molecule has 1 aromatic carbocycles. The molecular formula is C14H19NO2. The Morgan fingerprint density at radius 3 is 2.59 bits per heavy atom. The summed E-state index contributed by atoms with van der Waals surface area (Å²) in [5.74, 6) is 1.73. The summed E-state index contributed by atoms with van der Waals surface area (Å²) in [4.78, 5) is 0. The van der Waals surface area contributed by atoms with Gasteiger partial charge in [0.05, 0.1) is 0 Å². The molecule has 1 saturated carbocycles. The van der Waals surface area contributed by atoms with E-state index in [4.69, 9.17) is 15.2 Å². The van der Waals surface area contributed by atoms with Crippen LogP contribution in [0.1, 0.15) is 37.7 Å². The van der Waals surface area contributed by atoms with E-state index in [-0.39, 0.29) is 5.41 Å². The highest BCUT2D eigenvalue weighted by molar-refractivity contribution is 5.46. The Hall–Kier alpha value is -1.22. The molecule has 1 heterocycles. The summed E-state index contributed by atoms with van der Waals surface area (Å²) in [6.07, 6.45) is 6.30. The molecule has 3 rings (SSSR count). The lowest BCUT2D eigenvalue weighted by Crippen LogP contribution is -2.37. The first-order valence-corrected chi connectivity index (χ1v) is 6.44. The van der Waals surface area contributed by atoms with Crippen LogP contribution in [0.4, 0.5) is 0 Å². The largest absolute Gasteiger partial charge is 0.454 e. The van der Waals surface area contributed by atoms with Gasteiger partial charge in [-0.15, -0.1) is 0 Å². The second kappa shape index (κ2) is 4.22. The lowest BCUT2D eigenvalue weighted by molar-refractivity contribution is 0.174. The van der Waals surface area contributed by atoms with Crippen LogP contribution >= 0.6 is 0 Å². The van der Waals surface area contributed by atoms with E-state index in [1.54, 1.807) is 0 Å². The van der Waals surface area contributed by atoms with Crippen LogP contribution in [0.3, 0.4) is 0 Å². The Labute approximate surface area is 102 Å². The number of fused-ring (bicyclic) bond motifs is 1. The van der Waals surface area contributed by atoms with Crippen molar-refractivity contribution < 1.29 is 9.47 Å². The minimum Gasteiger partial charge on any atom is -0.454 e. The van der Waals surface area contributed by atoms with Crippen molar-refractivity contribution in [1.82, 2.24) is 0 Å². The highest BCUT2D eigenvalue weighted by atomic mass is 16.7. The van der Waals surface area contributed by atoms with E-state index in [0.29, 0.717) is 6.79 Å². The smallest absolute Gasteiger partial charge is 0.231 e. The average molecular weight is 233 g/mol. The van der Waals surface area contributed by atoms with Crippen LogP contribution in [0.25, 0.3) is 0 Å². The topological polar surface area (TPSA) is 44.5 Å². The SMILES string of the molecule is NCC1(c2ccc3c(c2)OCO3)CCCCC1. The molecule has 1 aliphatic heterocycles. The monoisotopic (exact) mass is 233 g/mol. The molecule has 1 aromatic rings. The van der Waals surface area contributed by atoms with Gasteiger partial charge in [0, 0.05) is 12.0 Å². The van der Waals surface area contributed by atoms with Crippen molar-refractivity contribution in [2.45, 2.75) is 37.5 Å². The van der Waals surface area contributed by atoms with Crippen LogP contribution in [0.15, 0.2) is 18.2 Å². The number of rotatable bonds is 2. The highest BCUT2D eigenvalue weighted by Gasteiger charge is 2.33. The molecule has 0 bridgehead atoms. The Morgan fingerprint density at radius 2 is 1.82 bits per heavy atom. The molecule has 1 aliphatic carbocycles. The Kier molecular flexibility index (Phi) is 2.71. The van der Waals surface area contributed by atoms with Crippen molar-refractivity contribution in [3.05, 3.63) is 23.8 Å². The van der Waals surface area contributed by atoms with Crippen LogP contribution in [0.5, 0.6) is 11.5 Å². The van der Waals surface area contributed by atoms with Crippen molar-refractivity contribution in [2.75, 3.05) is 13.3 Å². The van der Waals surface area contributed by atoms with Crippen molar-refractivity contribution in [1.29, 1.82) is 0 Å². The van der Waals surface area contributed by atoms with Gasteiger partial charge in [0.15, 0.2) is 11.5 Å². The van der Waals surface area contributed by atoms with Crippen LogP contribution in [0, 0.1) is 0 Å². The summed E-state index contributed by atoms with van der Waals surface area (Å²) in [5.41, 5.74) is 7.53. The first kappa shape index (κ1) is 10.9. The molecule has 0 radical (unpaired) electrons. The summed E-state index contributed by atoms with van der Waals surface area (Å²) in [6, 6.07) is 6.30. The van der Waals surface area contributed by atoms with Gasteiger partial charge in [-0.3, -0.25) is 0 Å². The fraction of sp³-hybridized carbons (Fsp3) is 0.571. The highest BCUT2D eigenvalue weighted by Crippen LogP contribution is 2.42. The number of nitrogens with two attached hydrogens (primary N) is 1. The molecule has 0 spiro atoms. The first-order valence-electron chi connectivity index (χ1n) is 6.44. The van der Waals surface area contributed by atoms with Crippen LogP contribution < -0.4 is 15.2 Å². The molecule has 0 saturated heterocycles. The summed E-state index contributed by atoms with van der Waals surface area (Å²) in [6.45, 7) is 1.07. The number of hydrogen-bond acceptors (Lipinski definition) is 3. The van der Waals surface area contributed by atoms with E-state index in [9.17, 15) is 0 Å². The van der Waals surface area contributed by atoms with E-state index in [1.807, 2.05) is 6.07 Å². The fourth-order valence-corrected chi connectivity index (χ4v) is 3.07. The first-order chi connectivity index (χ1) is 8.34. The molecule has 0 unspecified atom stereocenters. The van der Waals surface area contributed by atoms with Crippen molar-refractivity contribution >= 4 is 0 Å². The third kappa shape index (κ3) is 1.78. The molecule has 0 amide bonds. The van der Waals surface area contributed by atoms with Crippen molar-refractivity contribution in [3.8, 4) is 11.5 Å². The zero-order valence-corrected chi connectivity index (χ0v) is 10.1. The van der Waals surface area contributed by atoms with Crippen molar-refractivity contribution in [2.24, 2.45) is 5.73 Å². The molecular weight excluding hydrogens is 214 g/mol. The van der Waals surface area contributed by atoms with Gasteiger partial charge in [0.1, 0.15) is 0 Å². The zero-order valence-electron chi connectivity index (χ0n) is 10.1. The van der Waals surface area contributed by atoms with Gasteiger partial charge >= 0.3 is 0 Å². The van der Waals surface area contributed by atoms with Crippen LogP contribution in [0.2, 0.25) is 0 Å². The van der Waals surface area contributed by atoms with E-state index in [1.165, 1.54) is 37.7 Å². The summed E-state index contributed by atoms with van der Waals surface area (Å²) in [5, 5.41) is 0. The van der Waals surface area contributed by atoms with Gasteiger partial charge in [0.2, 0.25) is 6.79 Å². The minimum atomic E-state index is 0.166. The molecule has 92 valence electrons. The molecule has 3 nitrogen and oxygen atoms in total. The van der Waals surface area contributed by atoms with Gasteiger partial charge in [-0.25, -0.2) is 0 Å². The summed E-state index contributed by atoms with van der Waals surface area (Å²) < 4.78 is 10.8. The quantitative estimate of drug-likeness (QED) is 0.853. The van der Waals surface area contributed by atoms with E-state index in [2.05, 4.69) is 12.1 Å². The second-order valence-electron chi connectivity index (χ2n) is 5.11. The molecule has 17 heavy (non-hydrogen) atoms. The van der Waals surface area contributed by atoms with Gasteiger partial charge in [0.25, 0.3) is 0 Å². The van der Waals surface area contributed by atoms with Crippen LogP contribution in [-0.2, 0) is 5.41 Å². The summed E-state index contributed by atoms with van der Waals surface area (Å²) >= 11 is 0. The standard InChI is InChI=1S/C14H19NO2/c15-9-14(6-2-1-3-7-14)11-4-5-12-13(8-11)17-10-16-12/h4-5,8H,1-3,6-7,9-10,15H2. The predicted octanol–water partition coefficient (Wildman–Crippen LogP) is 2.58. The molecule has 2 aliphatic rings. The lowest BCUT2D eigenvalue weighted by Gasteiger charge is -2.36. The average Bonchev–Trinajstić information content (AvgIpc) is 2.86. The summed E-state index contributed by atoms with van der Waals surface area (Å²) in [7, 11) is 0. The van der Waals surface area contributed by atoms with Gasteiger partial charge in [-0.1, -0.05) is 25.3 Å². The fourth-order valence-electron chi connectivity index (χ4n) is 3.07. The predicted molar refractivity (Wildman–Crippen MR) is 66.4 cm³/mol. The normalized spacial score (nSPS) is 21.5. The van der Waals surface area contributed by atoms with E-state index >= 15 is 0 Å². The second-order valence-corrected chi connectivity index (χ2v) is 5.11. The maximum absolute atomic E-state index is 6.04. The van der Waals surface area contributed by atoms with Gasteiger partial charge in [-0.2, -0.15) is 0 Å². The lowest BCUT2D eigenvalue weighted by atomic mass is 9.69. The maximum atomic E-state index is 6.04. The molecule has 0 aromatic heterocycles. The van der Waals surface area contributed by atoms with E-state index < -0.39 is 0 Å². The number of hydrogen-bond donors (Lipinski definition) is 1. The third-order valence-corrected chi connectivity index (χ3v) is 4.19. The Bertz CT molecular complexity index is 411. The Morgan fingerprint density at radius 1 is 1.06 bits per heavy atom. The van der Waals surface area contributed by atoms with Crippen LogP contribution in [-0.4, -0.2) is 13.3 Å². The zero-order chi connectivity index (χ0) is 11.7. The molecule has 1 fully saturated rings. The number of ether oxygens (including phenoxy) is 2. The van der Waals surface area contributed by atoms with E-state index in [0.717, 1.165) is 18.0 Å². The maximum Gasteiger partial charge on any atom is 0.231 e. The Balaban J connectivity index is 1.96. The van der Waals surface area contributed by atoms with Gasteiger partial charge in [-0.05, 0) is 30.5 Å². The third-order valence-electron chi connectivity index (χ3n) is 4.19. The minimum absolute atomic E-state index is 0.166. The van der Waals surface area contributed by atoms with Gasteiger partial charge < -0.3 is 15.2 Å². The molecule has 3 heteroatoms.